The van der Waals surface area contributed by atoms with Gasteiger partial charge in [-0.1, -0.05) is 6.07 Å². The first-order valence-corrected chi connectivity index (χ1v) is 8.64. The monoisotopic (exact) mass is 363 g/mol. The van der Waals surface area contributed by atoms with Crippen molar-refractivity contribution in [3.8, 4) is 22.9 Å². The van der Waals surface area contributed by atoms with Crippen LogP contribution in [-0.4, -0.2) is 29.6 Å². The van der Waals surface area contributed by atoms with Crippen molar-refractivity contribution >= 4 is 11.7 Å². The Hall–Kier alpha value is -3.48. The van der Waals surface area contributed by atoms with Gasteiger partial charge in [-0.15, -0.1) is 0 Å². The molecule has 0 bridgehead atoms. The molecule has 0 aliphatic carbocycles. The molecule has 1 unspecified atom stereocenters. The Morgan fingerprint density at radius 3 is 2.78 bits per heavy atom. The fourth-order valence-electron chi connectivity index (χ4n) is 3.57. The molecule has 27 heavy (non-hydrogen) atoms. The molecule has 0 saturated heterocycles. The lowest BCUT2D eigenvalue weighted by atomic mass is 9.87. The number of carbonyl (C=O) groups is 1. The van der Waals surface area contributed by atoms with E-state index in [1.807, 2.05) is 48.7 Å². The third-order valence-electron chi connectivity index (χ3n) is 4.94. The van der Waals surface area contributed by atoms with Gasteiger partial charge in [0.05, 0.1) is 19.0 Å². The molecule has 0 fully saturated rings. The van der Waals surface area contributed by atoms with Gasteiger partial charge < -0.3 is 19.5 Å². The van der Waals surface area contributed by atoms with Gasteiger partial charge in [-0.05, 0) is 42.0 Å². The summed E-state index contributed by atoms with van der Waals surface area (Å²) < 4.78 is 17.8. The largest absolute Gasteiger partial charge is 0.497 e. The summed E-state index contributed by atoms with van der Waals surface area (Å²) in [4.78, 5) is 12.4. The van der Waals surface area contributed by atoms with Crippen molar-refractivity contribution in [1.82, 2.24) is 9.78 Å². The molecule has 2 aliphatic heterocycles. The van der Waals surface area contributed by atoms with Crippen LogP contribution in [0.3, 0.4) is 0 Å². The predicted molar refractivity (Wildman–Crippen MR) is 97.8 cm³/mol. The summed E-state index contributed by atoms with van der Waals surface area (Å²) >= 11 is 0. The first-order valence-electron chi connectivity index (χ1n) is 8.64. The van der Waals surface area contributed by atoms with E-state index in [1.54, 1.807) is 11.8 Å². The van der Waals surface area contributed by atoms with Crippen LogP contribution in [-0.2, 0) is 4.79 Å². The van der Waals surface area contributed by atoms with Crippen LogP contribution < -0.4 is 19.5 Å². The standard InChI is InChI=1S/C20H17N3O4/c1-25-14-5-3-13(4-6-14)23-20-16(10-21-23)15(9-19(24)22-20)12-2-7-17-18(8-12)27-11-26-17/h2-8,10,15H,9,11H2,1H3,(H,22,24). The smallest absolute Gasteiger partial charge is 0.231 e. The molecule has 2 aliphatic rings. The summed E-state index contributed by atoms with van der Waals surface area (Å²) in [5.41, 5.74) is 2.83. The highest BCUT2D eigenvalue weighted by molar-refractivity contribution is 5.94. The number of hydrogen-bond acceptors (Lipinski definition) is 5. The van der Waals surface area contributed by atoms with E-state index < -0.39 is 0 Å². The second kappa shape index (κ2) is 6.05. The minimum absolute atomic E-state index is 0.0413. The third kappa shape index (κ3) is 2.59. The van der Waals surface area contributed by atoms with Gasteiger partial charge >= 0.3 is 0 Å². The van der Waals surface area contributed by atoms with Crippen molar-refractivity contribution in [2.45, 2.75) is 12.3 Å². The molecule has 1 amide bonds. The topological polar surface area (TPSA) is 74.6 Å². The van der Waals surface area contributed by atoms with Crippen LogP contribution in [0.5, 0.6) is 17.2 Å². The van der Waals surface area contributed by atoms with Gasteiger partial charge in [0.25, 0.3) is 0 Å². The third-order valence-corrected chi connectivity index (χ3v) is 4.94. The maximum atomic E-state index is 12.4. The Labute approximate surface area is 155 Å². The van der Waals surface area contributed by atoms with E-state index in [9.17, 15) is 4.79 Å². The normalized spacial score (nSPS) is 17.4. The molecular formula is C20H17N3O4. The number of carbonyl (C=O) groups excluding carboxylic acids is 1. The predicted octanol–water partition coefficient (Wildman–Crippen LogP) is 3.08. The molecule has 0 radical (unpaired) electrons. The average Bonchev–Trinajstić information content (AvgIpc) is 3.33. The molecule has 3 aromatic rings. The second-order valence-electron chi connectivity index (χ2n) is 6.48. The maximum Gasteiger partial charge on any atom is 0.231 e. The van der Waals surface area contributed by atoms with Gasteiger partial charge in [-0.2, -0.15) is 5.10 Å². The summed E-state index contributed by atoms with van der Waals surface area (Å²) in [6.07, 6.45) is 2.18. The number of nitrogens with one attached hydrogen (secondary N) is 1. The molecular weight excluding hydrogens is 346 g/mol. The number of ether oxygens (including phenoxy) is 3. The molecule has 5 rings (SSSR count). The fraction of sp³-hybridized carbons (Fsp3) is 0.200. The molecule has 0 spiro atoms. The van der Waals surface area contributed by atoms with Crippen molar-refractivity contribution < 1.29 is 19.0 Å². The molecule has 2 aromatic carbocycles. The van der Waals surface area contributed by atoms with Gasteiger partial charge in [-0.25, -0.2) is 4.68 Å². The Morgan fingerprint density at radius 1 is 1.15 bits per heavy atom. The van der Waals surface area contributed by atoms with Crippen molar-refractivity contribution in [3.63, 3.8) is 0 Å². The zero-order chi connectivity index (χ0) is 18.4. The zero-order valence-corrected chi connectivity index (χ0v) is 14.6. The lowest BCUT2D eigenvalue weighted by Crippen LogP contribution is -2.24. The average molecular weight is 363 g/mol. The Morgan fingerprint density at radius 2 is 1.96 bits per heavy atom. The minimum atomic E-state index is -0.0877. The van der Waals surface area contributed by atoms with Crippen molar-refractivity contribution in [3.05, 3.63) is 59.8 Å². The first-order chi connectivity index (χ1) is 13.2. The van der Waals surface area contributed by atoms with E-state index in [2.05, 4.69) is 10.4 Å². The number of anilines is 1. The summed E-state index contributed by atoms with van der Waals surface area (Å²) in [7, 11) is 1.63. The highest BCUT2D eigenvalue weighted by Crippen LogP contribution is 2.41. The fourth-order valence-corrected chi connectivity index (χ4v) is 3.57. The molecule has 1 atom stereocenters. The highest BCUT2D eigenvalue weighted by atomic mass is 16.7. The Balaban J connectivity index is 1.56. The van der Waals surface area contributed by atoms with Gasteiger partial charge in [0.15, 0.2) is 11.5 Å². The van der Waals surface area contributed by atoms with Gasteiger partial charge in [-0.3, -0.25) is 4.79 Å². The number of methoxy groups -OCH3 is 1. The van der Waals surface area contributed by atoms with Gasteiger partial charge in [0, 0.05) is 17.9 Å². The van der Waals surface area contributed by atoms with Crippen LogP contribution in [0, 0.1) is 0 Å². The SMILES string of the molecule is COc1ccc(-n2ncc3c2NC(=O)CC3c2ccc3c(c2)OCO3)cc1. The van der Waals surface area contributed by atoms with E-state index in [1.165, 1.54) is 0 Å². The second-order valence-corrected chi connectivity index (χ2v) is 6.48. The lowest BCUT2D eigenvalue weighted by Gasteiger charge is -2.24. The number of benzene rings is 2. The van der Waals surface area contributed by atoms with Crippen molar-refractivity contribution in [1.29, 1.82) is 0 Å². The number of fused-ring (bicyclic) bond motifs is 2. The van der Waals surface area contributed by atoms with Gasteiger partial charge in [0.2, 0.25) is 12.7 Å². The Kier molecular flexibility index (Phi) is 3.53. The van der Waals surface area contributed by atoms with Crippen LogP contribution >= 0.6 is 0 Å². The van der Waals surface area contributed by atoms with E-state index in [4.69, 9.17) is 14.2 Å². The van der Waals surface area contributed by atoms with Crippen LogP contribution in [0.2, 0.25) is 0 Å². The molecule has 1 N–H and O–H groups in total. The van der Waals surface area contributed by atoms with E-state index >= 15 is 0 Å². The van der Waals surface area contributed by atoms with Gasteiger partial charge in [0.1, 0.15) is 11.6 Å². The summed E-state index contributed by atoms with van der Waals surface area (Å²) in [6, 6.07) is 13.3. The number of aromatic nitrogens is 2. The van der Waals surface area contributed by atoms with Crippen molar-refractivity contribution in [2.24, 2.45) is 0 Å². The number of rotatable bonds is 3. The zero-order valence-electron chi connectivity index (χ0n) is 14.6. The summed E-state index contributed by atoms with van der Waals surface area (Å²) in [5, 5.41) is 7.47. The van der Waals surface area contributed by atoms with E-state index in [0.29, 0.717) is 18.0 Å². The Bertz CT molecular complexity index is 1030. The molecule has 7 nitrogen and oxygen atoms in total. The number of amides is 1. The van der Waals surface area contributed by atoms with E-state index in [-0.39, 0.29) is 18.6 Å². The molecule has 7 heteroatoms. The summed E-state index contributed by atoms with van der Waals surface area (Å²) in [6.45, 7) is 0.227. The van der Waals surface area contributed by atoms with Crippen LogP contribution in [0.25, 0.3) is 5.69 Å². The number of hydrogen-bond donors (Lipinski definition) is 1. The lowest BCUT2D eigenvalue weighted by molar-refractivity contribution is -0.116. The molecule has 1 aromatic heterocycles. The molecule has 136 valence electrons. The first kappa shape index (κ1) is 15.7. The van der Waals surface area contributed by atoms with Crippen LogP contribution in [0.1, 0.15) is 23.5 Å². The van der Waals surface area contributed by atoms with E-state index in [0.717, 1.165) is 28.3 Å². The molecule has 3 heterocycles. The molecule has 0 saturated carbocycles. The summed E-state index contributed by atoms with van der Waals surface area (Å²) in [5.74, 6) is 2.77. The minimum Gasteiger partial charge on any atom is -0.497 e. The van der Waals surface area contributed by atoms with Crippen molar-refractivity contribution in [2.75, 3.05) is 19.2 Å². The van der Waals surface area contributed by atoms with Crippen LogP contribution in [0.4, 0.5) is 5.82 Å². The highest BCUT2D eigenvalue weighted by Gasteiger charge is 2.31. The van der Waals surface area contributed by atoms with Crippen LogP contribution in [0.15, 0.2) is 48.7 Å². The maximum absolute atomic E-state index is 12.4. The number of nitrogens with zero attached hydrogens (tertiary/aromatic N) is 2. The quantitative estimate of drug-likeness (QED) is 0.774.